The van der Waals surface area contributed by atoms with E-state index >= 15 is 0 Å². The second-order valence-corrected chi connectivity index (χ2v) is 12.9. The number of methoxy groups -OCH3 is 1. The summed E-state index contributed by atoms with van der Waals surface area (Å²) >= 11 is 12.3. The van der Waals surface area contributed by atoms with Gasteiger partial charge in [-0.1, -0.05) is 42.3 Å². The van der Waals surface area contributed by atoms with Gasteiger partial charge in [0, 0.05) is 24.2 Å². The largest absolute Gasteiger partial charge is 0.497 e. The van der Waals surface area contributed by atoms with Crippen molar-refractivity contribution in [3.63, 3.8) is 0 Å². The summed E-state index contributed by atoms with van der Waals surface area (Å²) in [5.41, 5.74) is 0.564. The van der Waals surface area contributed by atoms with E-state index in [1.165, 1.54) is 55.3 Å². The van der Waals surface area contributed by atoms with Crippen LogP contribution in [0.1, 0.15) is 38.3 Å². The number of ether oxygens (including phenoxy) is 1. The maximum Gasteiger partial charge on any atom is 0.273 e. The number of carbonyl (C=O) groups is 2. The SMILES string of the molecule is CC[C@@H](C(=O)NC(C)C)N(Cc1ccc(Cl)c(Cl)c1)C(=O)CN(c1ccc(OC)cc1)S(=O)(=O)c1ccc(C)c([N+](=O)[O-])c1. The van der Waals surface area contributed by atoms with E-state index in [0.29, 0.717) is 16.3 Å². The predicted molar refractivity (Wildman–Crippen MR) is 170 cm³/mol. The third kappa shape index (κ3) is 8.19. The molecule has 0 radical (unpaired) electrons. The van der Waals surface area contributed by atoms with Crippen molar-refractivity contribution in [3.05, 3.63) is 92.0 Å². The highest BCUT2D eigenvalue weighted by molar-refractivity contribution is 7.92. The van der Waals surface area contributed by atoms with Crippen molar-refractivity contribution in [2.75, 3.05) is 18.0 Å². The standard InChI is InChI=1S/C30H34Cl2N4O7S/c1-6-27(30(38)33-19(2)3)34(17-21-8-14-25(31)26(32)15-21)29(37)18-35(22-9-11-23(43-5)12-10-22)44(41,42)24-13-7-20(4)28(16-24)36(39)40/h7-16,19,27H,6,17-18H2,1-5H3,(H,33,38)/t27-/m0/s1. The lowest BCUT2D eigenvalue weighted by molar-refractivity contribution is -0.385. The maximum atomic E-state index is 14.2. The number of halogens is 2. The quantitative estimate of drug-likeness (QED) is 0.181. The fourth-order valence-electron chi connectivity index (χ4n) is 4.49. The van der Waals surface area contributed by atoms with Gasteiger partial charge >= 0.3 is 0 Å². The molecular formula is C30H34Cl2N4O7S. The third-order valence-electron chi connectivity index (χ3n) is 6.76. The number of nitro groups is 1. The Balaban J connectivity index is 2.14. The minimum atomic E-state index is -4.53. The molecule has 44 heavy (non-hydrogen) atoms. The summed E-state index contributed by atoms with van der Waals surface area (Å²) in [7, 11) is -3.08. The molecule has 0 aliphatic carbocycles. The van der Waals surface area contributed by atoms with Crippen LogP contribution in [0, 0.1) is 17.0 Å². The Hall–Kier alpha value is -3.87. The van der Waals surface area contributed by atoms with Gasteiger partial charge in [-0.05, 0) is 75.2 Å². The van der Waals surface area contributed by atoms with Gasteiger partial charge in [-0.3, -0.25) is 24.0 Å². The van der Waals surface area contributed by atoms with Crippen molar-refractivity contribution in [2.45, 2.75) is 57.6 Å². The molecule has 0 fully saturated rings. The lowest BCUT2D eigenvalue weighted by atomic mass is 10.1. The van der Waals surface area contributed by atoms with Gasteiger partial charge in [-0.25, -0.2) is 8.42 Å². The minimum Gasteiger partial charge on any atom is -0.497 e. The first-order chi connectivity index (χ1) is 20.7. The Bertz CT molecular complexity index is 1630. The highest BCUT2D eigenvalue weighted by atomic mass is 35.5. The molecule has 3 aromatic carbocycles. The van der Waals surface area contributed by atoms with Gasteiger partial charge in [-0.2, -0.15) is 0 Å². The molecule has 0 spiro atoms. The summed E-state index contributed by atoms with van der Waals surface area (Å²) in [5, 5.41) is 15.0. The average Bonchev–Trinajstić information content (AvgIpc) is 2.97. The van der Waals surface area contributed by atoms with Crippen LogP contribution in [0.4, 0.5) is 11.4 Å². The van der Waals surface area contributed by atoms with Gasteiger partial charge in [0.05, 0.1) is 32.7 Å². The van der Waals surface area contributed by atoms with Crippen molar-refractivity contribution in [1.29, 1.82) is 0 Å². The van der Waals surface area contributed by atoms with Crippen molar-refractivity contribution in [1.82, 2.24) is 10.2 Å². The van der Waals surface area contributed by atoms with E-state index in [2.05, 4.69) is 5.32 Å². The molecule has 3 rings (SSSR count). The normalized spacial score (nSPS) is 12.0. The Kier molecular flexibility index (Phi) is 11.6. The molecule has 236 valence electrons. The van der Waals surface area contributed by atoms with Crippen LogP contribution in [0.15, 0.2) is 65.6 Å². The molecular weight excluding hydrogens is 631 g/mol. The van der Waals surface area contributed by atoms with Crippen LogP contribution in [0.25, 0.3) is 0 Å². The zero-order chi connectivity index (χ0) is 32.8. The van der Waals surface area contributed by atoms with Gasteiger partial charge in [0.1, 0.15) is 18.3 Å². The number of hydrogen-bond acceptors (Lipinski definition) is 7. The number of carbonyl (C=O) groups excluding carboxylic acids is 2. The van der Waals surface area contributed by atoms with Crippen LogP contribution < -0.4 is 14.4 Å². The highest BCUT2D eigenvalue weighted by Gasteiger charge is 2.34. The molecule has 0 heterocycles. The van der Waals surface area contributed by atoms with E-state index < -0.39 is 39.3 Å². The minimum absolute atomic E-state index is 0.0771. The molecule has 0 aliphatic rings. The number of anilines is 1. The molecule has 0 unspecified atom stereocenters. The van der Waals surface area contributed by atoms with Crippen LogP contribution >= 0.6 is 23.2 Å². The molecule has 0 saturated carbocycles. The predicted octanol–water partition coefficient (Wildman–Crippen LogP) is 5.75. The summed E-state index contributed by atoms with van der Waals surface area (Å²) in [6.45, 7) is 6.01. The van der Waals surface area contributed by atoms with Gasteiger partial charge in [0.25, 0.3) is 15.7 Å². The zero-order valence-corrected chi connectivity index (χ0v) is 27.2. The molecule has 0 aromatic heterocycles. The molecule has 1 N–H and O–H groups in total. The molecule has 3 aromatic rings. The fraction of sp³-hybridized carbons (Fsp3) is 0.333. The number of nitrogens with zero attached hydrogens (tertiary/aromatic N) is 3. The number of rotatable bonds is 13. The maximum absolute atomic E-state index is 14.2. The zero-order valence-electron chi connectivity index (χ0n) is 24.9. The second kappa shape index (κ2) is 14.7. The molecule has 0 saturated heterocycles. The first-order valence-electron chi connectivity index (χ1n) is 13.6. The smallest absolute Gasteiger partial charge is 0.273 e. The number of hydrogen-bond donors (Lipinski definition) is 1. The van der Waals surface area contributed by atoms with Crippen molar-refractivity contribution >= 4 is 56.4 Å². The average molecular weight is 666 g/mol. The summed E-state index contributed by atoms with van der Waals surface area (Å²) in [6, 6.07) is 13.1. The second-order valence-electron chi connectivity index (χ2n) is 10.3. The molecule has 0 bridgehead atoms. The van der Waals surface area contributed by atoms with Gasteiger partial charge in [0.2, 0.25) is 11.8 Å². The van der Waals surface area contributed by atoms with Crippen LogP contribution in [0.2, 0.25) is 10.0 Å². The summed E-state index contributed by atoms with van der Waals surface area (Å²) in [6.07, 6.45) is 0.227. The van der Waals surface area contributed by atoms with Gasteiger partial charge in [-0.15, -0.1) is 0 Å². The third-order valence-corrected chi connectivity index (χ3v) is 9.27. The van der Waals surface area contributed by atoms with Gasteiger partial charge in [0.15, 0.2) is 0 Å². The van der Waals surface area contributed by atoms with E-state index in [1.54, 1.807) is 39.0 Å². The van der Waals surface area contributed by atoms with Gasteiger partial charge < -0.3 is 15.0 Å². The summed E-state index contributed by atoms with van der Waals surface area (Å²) in [4.78, 5) is 39.3. The Morgan fingerprint density at radius 1 is 1.02 bits per heavy atom. The van der Waals surface area contributed by atoms with E-state index in [1.807, 2.05) is 0 Å². The molecule has 11 nitrogen and oxygen atoms in total. The Morgan fingerprint density at radius 3 is 2.23 bits per heavy atom. The lowest BCUT2D eigenvalue weighted by Gasteiger charge is -2.33. The van der Waals surface area contributed by atoms with E-state index in [9.17, 15) is 28.1 Å². The fourth-order valence-corrected chi connectivity index (χ4v) is 6.24. The summed E-state index contributed by atoms with van der Waals surface area (Å²) in [5.74, 6) is -0.659. The number of benzene rings is 3. The Morgan fingerprint density at radius 2 is 1.68 bits per heavy atom. The first kappa shape index (κ1) is 34.6. The number of sulfonamides is 1. The van der Waals surface area contributed by atoms with Crippen molar-refractivity contribution < 1.29 is 27.7 Å². The monoisotopic (exact) mass is 664 g/mol. The van der Waals surface area contributed by atoms with E-state index in [-0.39, 0.29) is 45.9 Å². The van der Waals surface area contributed by atoms with Crippen LogP contribution in [-0.2, 0) is 26.2 Å². The number of nitro benzene ring substituents is 1. The molecule has 2 amide bonds. The molecule has 0 aliphatic heterocycles. The van der Waals surface area contributed by atoms with E-state index in [0.717, 1.165) is 10.4 Å². The first-order valence-corrected chi connectivity index (χ1v) is 15.8. The molecule has 14 heteroatoms. The van der Waals surface area contributed by atoms with Crippen LogP contribution in [-0.4, -0.2) is 55.8 Å². The Labute approximate surface area is 266 Å². The topological polar surface area (TPSA) is 139 Å². The number of aryl methyl sites for hydroxylation is 1. The lowest BCUT2D eigenvalue weighted by Crippen LogP contribution is -2.53. The van der Waals surface area contributed by atoms with Crippen molar-refractivity contribution in [2.24, 2.45) is 0 Å². The number of amides is 2. The highest BCUT2D eigenvalue weighted by Crippen LogP contribution is 2.30. The van der Waals surface area contributed by atoms with Crippen LogP contribution in [0.3, 0.4) is 0 Å². The van der Waals surface area contributed by atoms with Crippen LogP contribution in [0.5, 0.6) is 5.75 Å². The van der Waals surface area contributed by atoms with E-state index in [4.69, 9.17) is 27.9 Å². The summed E-state index contributed by atoms with van der Waals surface area (Å²) < 4.78 is 34.2. The van der Waals surface area contributed by atoms with Crippen molar-refractivity contribution in [3.8, 4) is 5.75 Å². The molecule has 1 atom stereocenters. The number of nitrogens with one attached hydrogen (secondary N) is 1.